The van der Waals surface area contributed by atoms with Crippen LogP contribution in [0.2, 0.25) is 0 Å². The van der Waals surface area contributed by atoms with Crippen LogP contribution >= 0.6 is 0 Å². The second kappa shape index (κ2) is 8.10. The molecule has 1 heterocycles. The number of carbonyl (C=O) groups is 2. The largest absolute Gasteiger partial charge is 0.465 e. The third kappa shape index (κ3) is 4.06. The number of nitrogens with zero attached hydrogens (tertiary/aromatic N) is 1. The lowest BCUT2D eigenvalue weighted by molar-refractivity contribution is 0.0599. The van der Waals surface area contributed by atoms with Crippen molar-refractivity contribution in [3.63, 3.8) is 0 Å². The molecule has 0 bridgehead atoms. The second-order valence-electron chi connectivity index (χ2n) is 6.53. The molecule has 1 aliphatic rings. The molecular formula is C20H20FNO5S. The molecule has 8 heteroatoms. The maximum atomic E-state index is 14.1. The maximum absolute atomic E-state index is 14.1. The Balaban J connectivity index is 1.79. The number of amides is 1. The van der Waals surface area contributed by atoms with E-state index in [2.05, 4.69) is 4.74 Å². The predicted octanol–water partition coefficient (Wildman–Crippen LogP) is 2.61. The lowest BCUT2D eigenvalue weighted by atomic mass is 10.1. The summed E-state index contributed by atoms with van der Waals surface area (Å²) in [5.74, 6) is -1.64. The van der Waals surface area contributed by atoms with Crippen LogP contribution in [0, 0.1) is 5.82 Å². The summed E-state index contributed by atoms with van der Waals surface area (Å²) in [5, 5.41) is -0.979. The number of carbonyl (C=O) groups excluding carboxylic acids is 2. The Kier molecular flexibility index (Phi) is 5.79. The molecule has 0 saturated carbocycles. The van der Waals surface area contributed by atoms with Gasteiger partial charge in [0.2, 0.25) is 0 Å². The van der Waals surface area contributed by atoms with Crippen molar-refractivity contribution in [1.82, 2.24) is 4.90 Å². The molecule has 1 amide bonds. The van der Waals surface area contributed by atoms with Gasteiger partial charge in [-0.2, -0.15) is 0 Å². The van der Waals surface area contributed by atoms with E-state index in [-0.39, 0.29) is 36.7 Å². The minimum absolute atomic E-state index is 0.0326. The number of hydrogen-bond acceptors (Lipinski definition) is 5. The van der Waals surface area contributed by atoms with Crippen LogP contribution < -0.4 is 0 Å². The lowest BCUT2D eigenvalue weighted by Crippen LogP contribution is -2.33. The van der Waals surface area contributed by atoms with Crippen molar-refractivity contribution in [2.75, 3.05) is 26.0 Å². The third-order valence-electron chi connectivity index (χ3n) is 4.83. The molecular weight excluding hydrogens is 385 g/mol. The van der Waals surface area contributed by atoms with Crippen LogP contribution in [-0.4, -0.2) is 51.1 Å². The molecule has 0 aliphatic carbocycles. The molecule has 0 N–H and O–H groups in total. The smallest absolute Gasteiger partial charge is 0.337 e. The third-order valence-corrected chi connectivity index (χ3v) is 6.94. The summed E-state index contributed by atoms with van der Waals surface area (Å²) in [4.78, 5) is 25.7. The van der Waals surface area contributed by atoms with Crippen molar-refractivity contribution in [1.29, 1.82) is 0 Å². The highest BCUT2D eigenvalue weighted by Crippen LogP contribution is 2.31. The summed E-state index contributed by atoms with van der Waals surface area (Å²) in [6.45, 7) is 0.223. The first-order chi connectivity index (χ1) is 13.3. The summed E-state index contributed by atoms with van der Waals surface area (Å²) in [6.07, 6.45) is 0.120. The maximum Gasteiger partial charge on any atom is 0.337 e. The highest BCUT2D eigenvalue weighted by molar-refractivity contribution is 7.91. The van der Waals surface area contributed by atoms with Crippen LogP contribution in [-0.2, 0) is 14.6 Å². The molecule has 3 rings (SSSR count). The Morgan fingerprint density at radius 3 is 2.32 bits per heavy atom. The number of esters is 1. The highest BCUT2D eigenvalue weighted by Gasteiger charge is 2.34. The molecule has 1 unspecified atom stereocenters. The first-order valence-electron chi connectivity index (χ1n) is 8.77. The van der Waals surface area contributed by atoms with E-state index in [1.165, 1.54) is 54.5 Å². The Morgan fingerprint density at radius 1 is 1.04 bits per heavy atom. The van der Waals surface area contributed by atoms with Crippen molar-refractivity contribution in [2.45, 2.75) is 11.7 Å². The van der Waals surface area contributed by atoms with E-state index in [1.54, 1.807) is 6.07 Å². The number of ether oxygens (including phenoxy) is 1. The van der Waals surface area contributed by atoms with Gasteiger partial charge in [0.05, 0.1) is 23.7 Å². The monoisotopic (exact) mass is 405 g/mol. The molecule has 2 aromatic rings. The fraction of sp³-hybridized carbons (Fsp3) is 0.300. The molecule has 1 fully saturated rings. The molecule has 1 saturated heterocycles. The van der Waals surface area contributed by atoms with E-state index in [0.29, 0.717) is 11.1 Å². The average molecular weight is 405 g/mol. The summed E-state index contributed by atoms with van der Waals surface area (Å²) in [5.41, 5.74) is 0.797. The minimum atomic E-state index is -3.60. The molecule has 0 spiro atoms. The van der Waals surface area contributed by atoms with Crippen LogP contribution in [0.1, 0.15) is 38.0 Å². The van der Waals surface area contributed by atoms with Gasteiger partial charge in [-0.05, 0) is 36.8 Å². The van der Waals surface area contributed by atoms with E-state index >= 15 is 0 Å². The standard InChI is InChI=1S/C20H20FNO5S/c1-27-20(24)15-8-6-14(7-9-15)19(23)22-11-10-18(28(25,26)13-12-22)16-4-2-3-5-17(16)21/h2-9,18H,10-13H2,1H3. The Labute approximate surface area is 162 Å². The Bertz CT molecular complexity index is 988. The SMILES string of the molecule is COC(=O)c1ccc(C(=O)N2CCC(c3ccccc3F)S(=O)(=O)CC2)cc1. The number of benzene rings is 2. The Morgan fingerprint density at radius 2 is 1.68 bits per heavy atom. The van der Waals surface area contributed by atoms with Gasteiger partial charge in [-0.25, -0.2) is 17.6 Å². The quantitative estimate of drug-likeness (QED) is 0.734. The van der Waals surface area contributed by atoms with Crippen LogP contribution in [0.4, 0.5) is 4.39 Å². The van der Waals surface area contributed by atoms with E-state index in [0.717, 1.165) is 0 Å². The fourth-order valence-corrected chi connectivity index (χ4v) is 5.08. The normalized spacial score (nSPS) is 18.9. The fourth-order valence-electron chi connectivity index (χ4n) is 3.28. The first-order valence-corrected chi connectivity index (χ1v) is 10.5. The Hall–Kier alpha value is -2.74. The van der Waals surface area contributed by atoms with Gasteiger partial charge >= 0.3 is 5.97 Å². The van der Waals surface area contributed by atoms with Crippen molar-refractivity contribution in [2.24, 2.45) is 0 Å². The molecule has 2 aromatic carbocycles. The van der Waals surface area contributed by atoms with Gasteiger partial charge in [-0.1, -0.05) is 18.2 Å². The van der Waals surface area contributed by atoms with E-state index in [1.807, 2.05) is 0 Å². The van der Waals surface area contributed by atoms with Gasteiger partial charge in [-0.3, -0.25) is 4.79 Å². The zero-order valence-electron chi connectivity index (χ0n) is 15.3. The van der Waals surface area contributed by atoms with Crippen molar-refractivity contribution >= 4 is 21.7 Å². The zero-order chi connectivity index (χ0) is 20.3. The van der Waals surface area contributed by atoms with Crippen molar-refractivity contribution in [3.05, 3.63) is 71.0 Å². The van der Waals surface area contributed by atoms with Crippen LogP contribution in [0.25, 0.3) is 0 Å². The first kappa shape index (κ1) is 20.0. The van der Waals surface area contributed by atoms with Gasteiger partial charge in [0.1, 0.15) is 5.82 Å². The number of hydrogen-bond donors (Lipinski definition) is 0. The van der Waals surface area contributed by atoms with Gasteiger partial charge in [0.25, 0.3) is 5.91 Å². The molecule has 148 valence electrons. The molecule has 1 atom stereocenters. The van der Waals surface area contributed by atoms with E-state index in [4.69, 9.17) is 0 Å². The summed E-state index contributed by atoms with van der Waals surface area (Å²) >= 11 is 0. The van der Waals surface area contributed by atoms with Gasteiger partial charge in [0.15, 0.2) is 9.84 Å². The highest BCUT2D eigenvalue weighted by atomic mass is 32.2. The van der Waals surface area contributed by atoms with E-state index < -0.39 is 26.9 Å². The second-order valence-corrected chi connectivity index (χ2v) is 8.83. The van der Waals surface area contributed by atoms with Crippen molar-refractivity contribution < 1.29 is 27.1 Å². The molecule has 6 nitrogen and oxygen atoms in total. The number of rotatable bonds is 3. The predicted molar refractivity (Wildman–Crippen MR) is 101 cm³/mol. The number of methoxy groups -OCH3 is 1. The number of halogens is 1. The zero-order valence-corrected chi connectivity index (χ0v) is 16.1. The summed E-state index contributed by atoms with van der Waals surface area (Å²) in [6, 6.07) is 11.8. The topological polar surface area (TPSA) is 80.8 Å². The molecule has 0 radical (unpaired) electrons. The molecule has 0 aromatic heterocycles. The summed E-state index contributed by atoms with van der Waals surface area (Å²) in [7, 11) is -2.33. The van der Waals surface area contributed by atoms with Crippen molar-refractivity contribution in [3.8, 4) is 0 Å². The van der Waals surface area contributed by atoms with Crippen LogP contribution in [0.3, 0.4) is 0 Å². The lowest BCUT2D eigenvalue weighted by Gasteiger charge is -2.20. The summed E-state index contributed by atoms with van der Waals surface area (Å²) < 4.78 is 44.1. The van der Waals surface area contributed by atoms with Gasteiger partial charge in [0, 0.05) is 24.2 Å². The van der Waals surface area contributed by atoms with Gasteiger partial charge < -0.3 is 9.64 Å². The molecule has 28 heavy (non-hydrogen) atoms. The van der Waals surface area contributed by atoms with Gasteiger partial charge in [-0.15, -0.1) is 0 Å². The van der Waals surface area contributed by atoms with Crippen LogP contribution in [0.15, 0.2) is 48.5 Å². The van der Waals surface area contributed by atoms with Crippen LogP contribution in [0.5, 0.6) is 0 Å². The average Bonchev–Trinajstić information content (AvgIpc) is 2.85. The minimum Gasteiger partial charge on any atom is -0.465 e. The number of sulfone groups is 1. The molecule has 1 aliphatic heterocycles. The van der Waals surface area contributed by atoms with E-state index in [9.17, 15) is 22.4 Å².